The van der Waals surface area contributed by atoms with E-state index in [1.807, 2.05) is 0 Å². The van der Waals surface area contributed by atoms with Gasteiger partial charge in [-0.05, 0) is 18.2 Å². The Labute approximate surface area is 125 Å². The minimum atomic E-state index is -3.71. The van der Waals surface area contributed by atoms with Crippen LogP contribution in [0.4, 0.5) is 5.69 Å². The van der Waals surface area contributed by atoms with Crippen LogP contribution in [0.5, 0.6) is 0 Å². The minimum absolute atomic E-state index is 0.147. The lowest BCUT2D eigenvalue weighted by Crippen LogP contribution is -2.12. The zero-order valence-corrected chi connectivity index (χ0v) is 12.7. The van der Waals surface area contributed by atoms with Gasteiger partial charge in [0, 0.05) is 16.8 Å². The molecule has 0 atom stereocenters. The summed E-state index contributed by atoms with van der Waals surface area (Å²) in [5.74, 6) is 0. The number of rotatable bonds is 4. The van der Waals surface area contributed by atoms with Crippen LogP contribution in [0.3, 0.4) is 0 Å². The van der Waals surface area contributed by atoms with Crippen LogP contribution in [0.15, 0.2) is 34.5 Å². The molecule has 0 aliphatic heterocycles. The average molecular weight is 337 g/mol. The SMILES string of the molecule is NCc1cc(S(=O)(=O)Nc2c(Cl)cccc2Cl)cs1. The van der Waals surface area contributed by atoms with E-state index in [0.717, 1.165) is 4.88 Å². The predicted octanol–water partition coefficient (Wildman–Crippen LogP) is 3.31. The lowest BCUT2D eigenvalue weighted by Gasteiger charge is -2.09. The van der Waals surface area contributed by atoms with Crippen molar-refractivity contribution in [3.63, 3.8) is 0 Å². The fourth-order valence-corrected chi connectivity index (χ4v) is 4.26. The van der Waals surface area contributed by atoms with Crippen LogP contribution in [0.2, 0.25) is 10.0 Å². The normalized spacial score (nSPS) is 11.5. The molecule has 0 aliphatic carbocycles. The van der Waals surface area contributed by atoms with Crippen molar-refractivity contribution in [2.45, 2.75) is 11.4 Å². The summed E-state index contributed by atoms with van der Waals surface area (Å²) in [5.41, 5.74) is 5.63. The molecule has 2 rings (SSSR count). The highest BCUT2D eigenvalue weighted by atomic mass is 35.5. The van der Waals surface area contributed by atoms with Gasteiger partial charge in [-0.3, -0.25) is 4.72 Å². The van der Waals surface area contributed by atoms with Crippen molar-refractivity contribution in [1.29, 1.82) is 0 Å². The topological polar surface area (TPSA) is 72.2 Å². The van der Waals surface area contributed by atoms with Crippen molar-refractivity contribution in [3.05, 3.63) is 44.6 Å². The molecule has 0 bridgehead atoms. The standard InChI is InChI=1S/C11H10Cl2N2O2S2/c12-9-2-1-3-10(13)11(9)15-19(16,17)8-4-7(5-14)18-6-8/h1-4,6,15H,5,14H2. The summed E-state index contributed by atoms with van der Waals surface area (Å²) >= 11 is 13.1. The molecule has 0 spiro atoms. The van der Waals surface area contributed by atoms with E-state index < -0.39 is 10.0 Å². The summed E-state index contributed by atoms with van der Waals surface area (Å²) in [6.07, 6.45) is 0. The minimum Gasteiger partial charge on any atom is -0.326 e. The second-order valence-electron chi connectivity index (χ2n) is 3.66. The second-order valence-corrected chi connectivity index (χ2v) is 7.15. The fourth-order valence-electron chi connectivity index (χ4n) is 1.40. The lowest BCUT2D eigenvalue weighted by atomic mass is 10.3. The van der Waals surface area contributed by atoms with Gasteiger partial charge < -0.3 is 5.73 Å². The predicted molar refractivity (Wildman–Crippen MR) is 79.5 cm³/mol. The molecule has 0 fully saturated rings. The Morgan fingerprint density at radius 3 is 2.42 bits per heavy atom. The highest BCUT2D eigenvalue weighted by Gasteiger charge is 2.19. The first kappa shape index (κ1) is 14.6. The first-order chi connectivity index (χ1) is 8.94. The molecular weight excluding hydrogens is 327 g/mol. The summed E-state index contributed by atoms with van der Waals surface area (Å²) in [6.45, 7) is 0.299. The Morgan fingerprint density at radius 1 is 1.26 bits per heavy atom. The molecule has 0 amide bonds. The monoisotopic (exact) mass is 336 g/mol. The molecule has 0 radical (unpaired) electrons. The number of hydrogen-bond donors (Lipinski definition) is 2. The Morgan fingerprint density at radius 2 is 1.89 bits per heavy atom. The maximum Gasteiger partial charge on any atom is 0.262 e. The van der Waals surface area contributed by atoms with Crippen LogP contribution in [0, 0.1) is 0 Å². The van der Waals surface area contributed by atoms with E-state index >= 15 is 0 Å². The van der Waals surface area contributed by atoms with Gasteiger partial charge in [0.2, 0.25) is 0 Å². The summed E-state index contributed by atoms with van der Waals surface area (Å²) in [4.78, 5) is 0.930. The van der Waals surface area contributed by atoms with Crippen LogP contribution in [0.1, 0.15) is 4.88 Å². The molecule has 102 valence electrons. The molecule has 0 saturated heterocycles. The Balaban J connectivity index is 2.36. The number of nitrogens with two attached hydrogens (primary N) is 1. The smallest absolute Gasteiger partial charge is 0.262 e. The molecule has 0 saturated carbocycles. The van der Waals surface area contributed by atoms with Crippen molar-refractivity contribution >= 4 is 50.2 Å². The largest absolute Gasteiger partial charge is 0.326 e. The fraction of sp³-hybridized carbons (Fsp3) is 0.0909. The number of sulfonamides is 1. The van der Waals surface area contributed by atoms with E-state index in [0.29, 0.717) is 6.54 Å². The van der Waals surface area contributed by atoms with Crippen molar-refractivity contribution in [3.8, 4) is 0 Å². The van der Waals surface area contributed by atoms with Gasteiger partial charge in [0.05, 0.1) is 20.6 Å². The second kappa shape index (κ2) is 5.68. The van der Waals surface area contributed by atoms with Gasteiger partial charge in [-0.2, -0.15) is 0 Å². The number of thiophene rings is 1. The van der Waals surface area contributed by atoms with Crippen LogP contribution < -0.4 is 10.5 Å². The van der Waals surface area contributed by atoms with E-state index in [2.05, 4.69) is 4.72 Å². The maximum absolute atomic E-state index is 12.2. The summed E-state index contributed by atoms with van der Waals surface area (Å²) in [7, 11) is -3.71. The van der Waals surface area contributed by atoms with E-state index in [-0.39, 0.29) is 20.6 Å². The molecule has 1 aromatic heterocycles. The molecule has 2 aromatic rings. The molecular formula is C11H10Cl2N2O2S2. The number of benzene rings is 1. The van der Waals surface area contributed by atoms with E-state index in [1.165, 1.54) is 22.8 Å². The van der Waals surface area contributed by atoms with E-state index in [9.17, 15) is 8.42 Å². The molecule has 4 nitrogen and oxygen atoms in total. The summed E-state index contributed by atoms with van der Waals surface area (Å²) < 4.78 is 26.7. The number of hydrogen-bond acceptors (Lipinski definition) is 4. The Hall–Kier alpha value is -0.790. The molecule has 19 heavy (non-hydrogen) atoms. The van der Waals surface area contributed by atoms with Crippen LogP contribution in [-0.4, -0.2) is 8.42 Å². The molecule has 0 aliphatic rings. The molecule has 0 unspecified atom stereocenters. The summed E-state index contributed by atoms with van der Waals surface area (Å²) in [5, 5.41) is 2.01. The van der Waals surface area contributed by atoms with Gasteiger partial charge in [0.1, 0.15) is 0 Å². The zero-order valence-electron chi connectivity index (χ0n) is 9.56. The Bertz CT molecular complexity index is 678. The number of para-hydroxylation sites is 1. The maximum atomic E-state index is 12.2. The van der Waals surface area contributed by atoms with Crippen LogP contribution in [-0.2, 0) is 16.6 Å². The summed E-state index contributed by atoms with van der Waals surface area (Å²) in [6, 6.07) is 6.28. The van der Waals surface area contributed by atoms with Crippen molar-refractivity contribution in [2.24, 2.45) is 5.73 Å². The van der Waals surface area contributed by atoms with Gasteiger partial charge in [-0.25, -0.2) is 8.42 Å². The molecule has 8 heteroatoms. The number of anilines is 1. The third-order valence-corrected chi connectivity index (χ3v) is 5.41. The molecule has 1 aromatic carbocycles. The first-order valence-electron chi connectivity index (χ1n) is 5.18. The Kier molecular flexibility index (Phi) is 4.37. The molecule has 1 heterocycles. The van der Waals surface area contributed by atoms with Crippen molar-refractivity contribution < 1.29 is 8.42 Å². The third-order valence-electron chi connectivity index (χ3n) is 2.34. The number of nitrogens with one attached hydrogen (secondary N) is 1. The molecule has 3 N–H and O–H groups in total. The highest BCUT2D eigenvalue weighted by Crippen LogP contribution is 2.32. The first-order valence-corrected chi connectivity index (χ1v) is 8.30. The van der Waals surface area contributed by atoms with Crippen molar-refractivity contribution in [1.82, 2.24) is 0 Å². The van der Waals surface area contributed by atoms with E-state index in [4.69, 9.17) is 28.9 Å². The van der Waals surface area contributed by atoms with Crippen LogP contribution in [0.25, 0.3) is 0 Å². The lowest BCUT2D eigenvalue weighted by molar-refractivity contribution is 0.601. The third kappa shape index (κ3) is 3.21. The van der Waals surface area contributed by atoms with Gasteiger partial charge >= 0.3 is 0 Å². The van der Waals surface area contributed by atoms with Gasteiger partial charge in [-0.1, -0.05) is 29.3 Å². The van der Waals surface area contributed by atoms with E-state index in [1.54, 1.807) is 18.2 Å². The quantitative estimate of drug-likeness (QED) is 0.899. The van der Waals surface area contributed by atoms with Gasteiger partial charge in [0.25, 0.3) is 10.0 Å². The average Bonchev–Trinajstić information content (AvgIpc) is 2.83. The van der Waals surface area contributed by atoms with Crippen molar-refractivity contribution in [2.75, 3.05) is 4.72 Å². The van der Waals surface area contributed by atoms with Gasteiger partial charge in [-0.15, -0.1) is 11.3 Å². The highest BCUT2D eigenvalue weighted by molar-refractivity contribution is 7.92. The number of halogens is 2. The van der Waals surface area contributed by atoms with Gasteiger partial charge in [0.15, 0.2) is 0 Å². The zero-order chi connectivity index (χ0) is 14.0. The van der Waals surface area contributed by atoms with Crippen LogP contribution >= 0.6 is 34.5 Å².